The lowest BCUT2D eigenvalue weighted by atomic mass is 9.91. The Bertz CT molecular complexity index is 743. The second-order valence-corrected chi connectivity index (χ2v) is 5.83. The molecule has 0 saturated carbocycles. The third kappa shape index (κ3) is 5.12. The van der Waals surface area contributed by atoms with Crippen LogP contribution >= 0.6 is 0 Å². The van der Waals surface area contributed by atoms with Gasteiger partial charge in [-0.1, -0.05) is 38.1 Å². The van der Waals surface area contributed by atoms with Crippen molar-refractivity contribution in [3.05, 3.63) is 59.7 Å². The summed E-state index contributed by atoms with van der Waals surface area (Å²) < 4.78 is 10.3. The first-order valence-corrected chi connectivity index (χ1v) is 8.99. The Balaban J connectivity index is 2.23. The lowest BCUT2D eigenvalue weighted by molar-refractivity contribution is -0.145. The zero-order valence-electron chi connectivity index (χ0n) is 15.6. The van der Waals surface area contributed by atoms with E-state index in [1.807, 2.05) is 36.4 Å². The molecule has 2 rings (SSSR count). The van der Waals surface area contributed by atoms with Gasteiger partial charge in [0.25, 0.3) is 0 Å². The second-order valence-electron chi connectivity index (χ2n) is 5.83. The van der Waals surface area contributed by atoms with Crippen molar-refractivity contribution >= 4 is 17.1 Å². The molecule has 0 heterocycles. The normalized spacial score (nSPS) is 11.7. The second kappa shape index (κ2) is 9.66. The number of aromatic hydroxyl groups is 1. The quantitative estimate of drug-likeness (QED) is 0.531. The maximum Gasteiger partial charge on any atom is 0.344 e. The number of ether oxygens (including phenoxy) is 2. The summed E-state index contributed by atoms with van der Waals surface area (Å²) in [5.41, 5.74) is 4.76. The molecule has 4 heteroatoms. The number of benzene rings is 2. The van der Waals surface area contributed by atoms with Gasteiger partial charge in [-0.05, 0) is 66.3 Å². The van der Waals surface area contributed by atoms with Gasteiger partial charge < -0.3 is 14.6 Å². The fraction of sp³-hybridized carbons (Fsp3) is 0.318. The van der Waals surface area contributed by atoms with Crippen molar-refractivity contribution in [2.45, 2.75) is 33.6 Å². The van der Waals surface area contributed by atoms with Gasteiger partial charge in [-0.2, -0.15) is 0 Å². The molecule has 138 valence electrons. The van der Waals surface area contributed by atoms with E-state index in [1.165, 1.54) is 11.1 Å². The molecule has 26 heavy (non-hydrogen) atoms. The molecule has 0 aliphatic rings. The number of rotatable bonds is 8. The summed E-state index contributed by atoms with van der Waals surface area (Å²) in [5.74, 6) is 0.539. The van der Waals surface area contributed by atoms with Crippen LogP contribution in [0, 0.1) is 0 Å². The van der Waals surface area contributed by atoms with Crippen molar-refractivity contribution in [2.75, 3.05) is 13.2 Å². The first-order chi connectivity index (χ1) is 12.6. The monoisotopic (exact) mass is 354 g/mol. The van der Waals surface area contributed by atoms with Crippen LogP contribution in [0.15, 0.2) is 48.5 Å². The van der Waals surface area contributed by atoms with Crippen LogP contribution in [-0.4, -0.2) is 24.3 Å². The summed E-state index contributed by atoms with van der Waals surface area (Å²) in [7, 11) is 0. The van der Waals surface area contributed by atoms with Crippen molar-refractivity contribution < 1.29 is 19.4 Å². The number of phenolic OH excluding ortho intramolecular Hbond substituents is 1. The fourth-order valence-corrected chi connectivity index (χ4v) is 2.94. The smallest absolute Gasteiger partial charge is 0.344 e. The summed E-state index contributed by atoms with van der Waals surface area (Å²) in [6.07, 6.45) is 1.79. The molecular formula is C22H26O4. The maximum absolute atomic E-state index is 11.4. The summed E-state index contributed by atoms with van der Waals surface area (Å²) in [6.45, 7) is 6.30. The van der Waals surface area contributed by atoms with E-state index in [0.29, 0.717) is 12.4 Å². The molecular weight excluding hydrogens is 328 g/mol. The number of hydrogen-bond donors (Lipinski definition) is 1. The number of carbonyl (C=O) groups excluding carboxylic acids is 1. The average molecular weight is 354 g/mol. The molecule has 0 bridgehead atoms. The predicted molar refractivity (Wildman–Crippen MR) is 104 cm³/mol. The summed E-state index contributed by atoms with van der Waals surface area (Å²) in [5, 5.41) is 9.51. The van der Waals surface area contributed by atoms with Crippen LogP contribution < -0.4 is 4.74 Å². The standard InChI is InChI=1S/C22H26O4/c1-4-20(16-7-11-18(23)12-8-16)21(5-2)17-9-13-19(14-10-17)26-15-22(24)25-6-3/h7-14,23H,4-6,15H2,1-3H3/b21-20+. The molecule has 0 spiro atoms. The van der Waals surface area contributed by atoms with E-state index in [2.05, 4.69) is 13.8 Å². The molecule has 0 unspecified atom stereocenters. The maximum atomic E-state index is 11.4. The van der Waals surface area contributed by atoms with Gasteiger partial charge in [-0.15, -0.1) is 0 Å². The molecule has 0 radical (unpaired) electrons. The number of phenols is 1. The number of hydrogen-bond acceptors (Lipinski definition) is 4. The van der Waals surface area contributed by atoms with Gasteiger partial charge in [0, 0.05) is 0 Å². The molecule has 0 aliphatic carbocycles. The Labute approximate surface area is 155 Å². The fourth-order valence-electron chi connectivity index (χ4n) is 2.94. The SMILES string of the molecule is CCOC(=O)COc1ccc(/C(CC)=C(\CC)c2ccc(O)cc2)cc1. The Hall–Kier alpha value is -2.75. The third-order valence-electron chi connectivity index (χ3n) is 4.15. The highest BCUT2D eigenvalue weighted by molar-refractivity contribution is 5.90. The number of allylic oxidation sites excluding steroid dienone is 2. The number of carbonyl (C=O) groups is 1. The van der Waals surface area contributed by atoms with Gasteiger partial charge >= 0.3 is 5.97 Å². The Morgan fingerprint density at radius 2 is 1.35 bits per heavy atom. The van der Waals surface area contributed by atoms with E-state index in [9.17, 15) is 9.90 Å². The van der Waals surface area contributed by atoms with Gasteiger partial charge in [-0.3, -0.25) is 0 Å². The topological polar surface area (TPSA) is 55.8 Å². The van der Waals surface area contributed by atoms with Gasteiger partial charge in [-0.25, -0.2) is 4.79 Å². The van der Waals surface area contributed by atoms with Crippen LogP contribution in [0.25, 0.3) is 11.1 Å². The molecule has 2 aromatic rings. The molecule has 0 atom stereocenters. The zero-order chi connectivity index (χ0) is 18.9. The van der Waals surface area contributed by atoms with Crippen LogP contribution in [0.5, 0.6) is 11.5 Å². The first-order valence-electron chi connectivity index (χ1n) is 8.99. The highest BCUT2D eigenvalue weighted by atomic mass is 16.6. The van der Waals surface area contributed by atoms with E-state index in [0.717, 1.165) is 24.0 Å². The minimum Gasteiger partial charge on any atom is -0.508 e. The van der Waals surface area contributed by atoms with E-state index in [1.54, 1.807) is 19.1 Å². The van der Waals surface area contributed by atoms with Gasteiger partial charge in [0.05, 0.1) is 6.61 Å². The van der Waals surface area contributed by atoms with Crippen molar-refractivity contribution in [2.24, 2.45) is 0 Å². The summed E-state index contributed by atoms with van der Waals surface area (Å²) in [4.78, 5) is 11.4. The van der Waals surface area contributed by atoms with Gasteiger partial charge in [0.2, 0.25) is 0 Å². The molecule has 0 aromatic heterocycles. The first kappa shape index (κ1) is 19.6. The highest BCUT2D eigenvalue weighted by Crippen LogP contribution is 2.32. The molecule has 0 aliphatic heterocycles. The molecule has 0 saturated heterocycles. The van der Waals surface area contributed by atoms with E-state index in [4.69, 9.17) is 9.47 Å². The van der Waals surface area contributed by atoms with E-state index >= 15 is 0 Å². The minimum absolute atomic E-state index is 0.0859. The molecule has 0 amide bonds. The third-order valence-corrected chi connectivity index (χ3v) is 4.15. The Morgan fingerprint density at radius 1 is 0.846 bits per heavy atom. The summed E-state index contributed by atoms with van der Waals surface area (Å²) in [6, 6.07) is 15.1. The summed E-state index contributed by atoms with van der Waals surface area (Å²) >= 11 is 0. The molecule has 0 fully saturated rings. The van der Waals surface area contributed by atoms with Crippen LogP contribution in [0.1, 0.15) is 44.7 Å². The van der Waals surface area contributed by atoms with Crippen LogP contribution in [0.2, 0.25) is 0 Å². The van der Waals surface area contributed by atoms with Gasteiger partial charge in [0.1, 0.15) is 11.5 Å². The van der Waals surface area contributed by atoms with Crippen molar-refractivity contribution in [1.29, 1.82) is 0 Å². The van der Waals surface area contributed by atoms with Crippen molar-refractivity contribution in [1.82, 2.24) is 0 Å². The van der Waals surface area contributed by atoms with Crippen LogP contribution in [0.3, 0.4) is 0 Å². The average Bonchev–Trinajstić information content (AvgIpc) is 2.66. The molecule has 1 N–H and O–H groups in total. The van der Waals surface area contributed by atoms with Crippen LogP contribution in [-0.2, 0) is 9.53 Å². The predicted octanol–water partition coefficient (Wildman–Crippen LogP) is 5.06. The van der Waals surface area contributed by atoms with Crippen molar-refractivity contribution in [3.8, 4) is 11.5 Å². The Morgan fingerprint density at radius 3 is 1.81 bits per heavy atom. The lowest BCUT2D eigenvalue weighted by Gasteiger charge is -2.15. The van der Waals surface area contributed by atoms with E-state index < -0.39 is 0 Å². The van der Waals surface area contributed by atoms with E-state index in [-0.39, 0.29) is 18.3 Å². The van der Waals surface area contributed by atoms with Crippen molar-refractivity contribution in [3.63, 3.8) is 0 Å². The molecule has 4 nitrogen and oxygen atoms in total. The minimum atomic E-state index is -0.369. The highest BCUT2D eigenvalue weighted by Gasteiger charge is 2.10. The lowest BCUT2D eigenvalue weighted by Crippen LogP contribution is -2.14. The number of esters is 1. The van der Waals surface area contributed by atoms with Gasteiger partial charge in [0.15, 0.2) is 6.61 Å². The largest absolute Gasteiger partial charge is 0.508 e. The molecule has 2 aromatic carbocycles. The zero-order valence-corrected chi connectivity index (χ0v) is 15.6. The Kier molecular flexibility index (Phi) is 7.27. The van der Waals surface area contributed by atoms with Crippen LogP contribution in [0.4, 0.5) is 0 Å².